The molecule has 0 aliphatic carbocycles. The largest absolute Gasteiger partial charge is 0.494 e. The quantitative estimate of drug-likeness (QED) is 0.623. The number of benzene rings is 1. The first-order valence-corrected chi connectivity index (χ1v) is 10.00. The average Bonchev–Trinajstić information content (AvgIpc) is 3.51. The molecule has 0 radical (unpaired) electrons. The molecule has 1 saturated heterocycles. The molecular formula is C22H25N3O4. The first kappa shape index (κ1) is 19.3. The fourth-order valence-corrected chi connectivity index (χ4v) is 3.66. The standard InChI is InChI=1S/C22H25N3O4/c1-2-27-17-9-7-16(8-10-17)19(25-11-3-4-12-25)15-23-22(26)18-14-21(29-24-18)20-6-5-13-28-20/h5-10,13-14,19H,2-4,11-12,15H2,1H3,(H,23,26). The van der Waals surface area contributed by atoms with Crippen molar-refractivity contribution < 1.29 is 18.5 Å². The van der Waals surface area contributed by atoms with Crippen LogP contribution in [0.5, 0.6) is 5.75 Å². The highest BCUT2D eigenvalue weighted by molar-refractivity contribution is 5.92. The Balaban J connectivity index is 1.44. The predicted molar refractivity (Wildman–Crippen MR) is 108 cm³/mol. The Morgan fingerprint density at radius 2 is 2.00 bits per heavy atom. The third-order valence-electron chi connectivity index (χ3n) is 5.12. The Morgan fingerprint density at radius 3 is 2.69 bits per heavy atom. The summed E-state index contributed by atoms with van der Waals surface area (Å²) in [5.41, 5.74) is 1.40. The minimum Gasteiger partial charge on any atom is -0.494 e. The van der Waals surface area contributed by atoms with Crippen molar-refractivity contribution in [3.8, 4) is 17.3 Å². The summed E-state index contributed by atoms with van der Waals surface area (Å²) in [5, 5.41) is 6.88. The van der Waals surface area contributed by atoms with Crippen LogP contribution in [0.1, 0.15) is 41.9 Å². The number of carbonyl (C=O) groups is 1. The third-order valence-corrected chi connectivity index (χ3v) is 5.12. The molecule has 0 spiro atoms. The lowest BCUT2D eigenvalue weighted by Crippen LogP contribution is -2.36. The summed E-state index contributed by atoms with van der Waals surface area (Å²) in [6, 6.07) is 13.3. The second-order valence-electron chi connectivity index (χ2n) is 7.02. The Kier molecular flexibility index (Phi) is 5.95. The molecule has 29 heavy (non-hydrogen) atoms. The van der Waals surface area contributed by atoms with Gasteiger partial charge in [-0.15, -0.1) is 0 Å². The van der Waals surface area contributed by atoms with Crippen LogP contribution < -0.4 is 10.1 Å². The second kappa shape index (κ2) is 8.96. The van der Waals surface area contributed by atoms with Crippen LogP contribution in [0.3, 0.4) is 0 Å². The van der Waals surface area contributed by atoms with E-state index < -0.39 is 0 Å². The molecule has 1 atom stereocenters. The summed E-state index contributed by atoms with van der Waals surface area (Å²) in [4.78, 5) is 15.0. The van der Waals surface area contributed by atoms with Crippen molar-refractivity contribution in [3.63, 3.8) is 0 Å². The van der Waals surface area contributed by atoms with Gasteiger partial charge in [0.25, 0.3) is 5.91 Å². The maximum atomic E-state index is 12.6. The van der Waals surface area contributed by atoms with E-state index >= 15 is 0 Å². The average molecular weight is 395 g/mol. The van der Waals surface area contributed by atoms with E-state index in [4.69, 9.17) is 13.7 Å². The molecule has 1 aliphatic rings. The number of ether oxygens (including phenoxy) is 1. The maximum absolute atomic E-state index is 12.6. The number of furan rings is 1. The van der Waals surface area contributed by atoms with Crippen molar-refractivity contribution in [2.45, 2.75) is 25.8 Å². The lowest BCUT2D eigenvalue weighted by molar-refractivity contribution is 0.0929. The molecule has 1 aliphatic heterocycles. The van der Waals surface area contributed by atoms with Crippen LogP contribution in [0.2, 0.25) is 0 Å². The van der Waals surface area contributed by atoms with Gasteiger partial charge in [-0.05, 0) is 62.7 Å². The van der Waals surface area contributed by atoms with Gasteiger partial charge in [0.1, 0.15) is 5.75 Å². The minimum absolute atomic E-state index is 0.105. The van der Waals surface area contributed by atoms with E-state index in [-0.39, 0.29) is 17.6 Å². The molecule has 0 bridgehead atoms. The molecule has 152 valence electrons. The number of nitrogens with one attached hydrogen (secondary N) is 1. The van der Waals surface area contributed by atoms with Gasteiger partial charge in [0.2, 0.25) is 5.76 Å². The summed E-state index contributed by atoms with van der Waals surface area (Å²) in [6.45, 7) is 5.16. The number of aromatic nitrogens is 1. The van der Waals surface area contributed by atoms with E-state index in [1.807, 2.05) is 19.1 Å². The number of hydrogen-bond donors (Lipinski definition) is 1. The van der Waals surface area contributed by atoms with E-state index in [1.165, 1.54) is 12.8 Å². The van der Waals surface area contributed by atoms with Crippen molar-refractivity contribution in [2.75, 3.05) is 26.2 Å². The summed E-state index contributed by atoms with van der Waals surface area (Å²) >= 11 is 0. The van der Waals surface area contributed by atoms with Crippen molar-refractivity contribution in [2.24, 2.45) is 0 Å². The normalized spacial score (nSPS) is 15.3. The molecule has 3 heterocycles. The molecule has 1 N–H and O–H groups in total. The zero-order chi connectivity index (χ0) is 20.1. The molecule has 3 aromatic rings. The van der Waals surface area contributed by atoms with Crippen LogP contribution >= 0.6 is 0 Å². The fraction of sp³-hybridized carbons (Fsp3) is 0.364. The fourth-order valence-electron chi connectivity index (χ4n) is 3.66. The first-order chi connectivity index (χ1) is 14.2. The molecular weight excluding hydrogens is 370 g/mol. The van der Waals surface area contributed by atoms with Gasteiger partial charge in [0.15, 0.2) is 11.5 Å². The van der Waals surface area contributed by atoms with Crippen LogP contribution in [-0.4, -0.2) is 42.2 Å². The van der Waals surface area contributed by atoms with Gasteiger partial charge in [-0.2, -0.15) is 0 Å². The van der Waals surface area contributed by atoms with Crippen molar-refractivity contribution in [3.05, 3.63) is 60.0 Å². The molecule has 7 heteroatoms. The SMILES string of the molecule is CCOc1ccc(C(CNC(=O)c2cc(-c3ccco3)on2)N2CCCC2)cc1. The van der Waals surface area contributed by atoms with Crippen molar-refractivity contribution >= 4 is 5.91 Å². The third kappa shape index (κ3) is 4.51. The molecule has 1 amide bonds. The summed E-state index contributed by atoms with van der Waals surface area (Å²) in [7, 11) is 0. The second-order valence-corrected chi connectivity index (χ2v) is 7.02. The van der Waals surface area contributed by atoms with Gasteiger partial charge >= 0.3 is 0 Å². The number of rotatable bonds is 8. The molecule has 4 rings (SSSR count). The topological polar surface area (TPSA) is 80.7 Å². The minimum atomic E-state index is -0.262. The van der Waals surface area contributed by atoms with Crippen molar-refractivity contribution in [1.29, 1.82) is 0 Å². The highest BCUT2D eigenvalue weighted by atomic mass is 16.5. The van der Waals surface area contributed by atoms with Crippen molar-refractivity contribution in [1.82, 2.24) is 15.4 Å². The predicted octanol–water partition coefficient (Wildman–Crippen LogP) is 3.90. The summed E-state index contributed by atoms with van der Waals surface area (Å²) in [6.07, 6.45) is 3.91. The van der Waals surface area contributed by atoms with Gasteiger partial charge in [0, 0.05) is 12.6 Å². The Hall–Kier alpha value is -3.06. The molecule has 0 saturated carbocycles. The molecule has 7 nitrogen and oxygen atoms in total. The molecule has 2 aromatic heterocycles. The molecule has 1 fully saturated rings. The van der Waals surface area contributed by atoms with Gasteiger partial charge in [-0.3, -0.25) is 9.69 Å². The number of hydrogen-bond acceptors (Lipinski definition) is 6. The van der Waals surface area contributed by atoms with Crippen LogP contribution in [0, 0.1) is 0 Å². The van der Waals surface area contributed by atoms with Crippen LogP contribution in [0.15, 0.2) is 57.7 Å². The zero-order valence-electron chi connectivity index (χ0n) is 16.5. The van der Waals surface area contributed by atoms with Gasteiger partial charge < -0.3 is 19.0 Å². The lowest BCUT2D eigenvalue weighted by Gasteiger charge is -2.28. The van der Waals surface area contributed by atoms with Gasteiger partial charge in [-0.1, -0.05) is 17.3 Å². The first-order valence-electron chi connectivity index (χ1n) is 10.00. The van der Waals surface area contributed by atoms with Crippen LogP contribution in [0.25, 0.3) is 11.5 Å². The molecule has 1 unspecified atom stereocenters. The number of nitrogens with zero attached hydrogens (tertiary/aromatic N) is 2. The van der Waals surface area contributed by atoms with E-state index in [9.17, 15) is 4.79 Å². The highest BCUT2D eigenvalue weighted by Crippen LogP contribution is 2.26. The maximum Gasteiger partial charge on any atom is 0.273 e. The van der Waals surface area contributed by atoms with E-state index in [0.717, 1.165) is 24.4 Å². The van der Waals surface area contributed by atoms with Gasteiger partial charge in [-0.25, -0.2) is 0 Å². The highest BCUT2D eigenvalue weighted by Gasteiger charge is 2.25. The van der Waals surface area contributed by atoms with E-state index in [0.29, 0.717) is 24.7 Å². The van der Waals surface area contributed by atoms with E-state index in [2.05, 4.69) is 27.5 Å². The monoisotopic (exact) mass is 395 g/mol. The summed E-state index contributed by atoms with van der Waals surface area (Å²) < 4.78 is 16.1. The Bertz CT molecular complexity index is 912. The Morgan fingerprint density at radius 1 is 1.21 bits per heavy atom. The smallest absolute Gasteiger partial charge is 0.273 e. The van der Waals surface area contributed by atoms with Crippen LogP contribution in [0.4, 0.5) is 0 Å². The van der Waals surface area contributed by atoms with E-state index in [1.54, 1.807) is 24.5 Å². The lowest BCUT2D eigenvalue weighted by atomic mass is 10.1. The summed E-state index contributed by atoms with van der Waals surface area (Å²) in [5.74, 6) is 1.57. The van der Waals surface area contributed by atoms with Gasteiger partial charge in [0.05, 0.1) is 18.9 Å². The molecule has 1 aromatic carbocycles. The van der Waals surface area contributed by atoms with Crippen LogP contribution in [-0.2, 0) is 0 Å². The number of carbonyl (C=O) groups excluding carboxylic acids is 1. The Labute approximate surface area is 169 Å². The number of amides is 1. The number of likely N-dealkylation sites (tertiary alicyclic amines) is 1. The zero-order valence-corrected chi connectivity index (χ0v) is 16.5.